The molecule has 24 heavy (non-hydrogen) atoms. The number of likely N-dealkylation sites (tertiary alicyclic amines) is 1. The lowest BCUT2D eigenvalue weighted by Crippen LogP contribution is -2.43. The number of aromatic nitrogens is 1. The lowest BCUT2D eigenvalue weighted by molar-refractivity contribution is -0.144. The lowest BCUT2D eigenvalue weighted by atomic mass is 10.0. The molecule has 1 saturated heterocycles. The zero-order valence-electron chi connectivity index (χ0n) is 13.6. The van der Waals surface area contributed by atoms with Crippen molar-refractivity contribution in [1.29, 1.82) is 0 Å². The van der Waals surface area contributed by atoms with Crippen LogP contribution in [0.1, 0.15) is 30.4 Å². The fraction of sp³-hybridized carbons (Fsp3) is 0.368. The Morgan fingerprint density at radius 3 is 2.58 bits per heavy atom. The maximum Gasteiger partial charge on any atom is 0.320 e. The Morgan fingerprint density at radius 2 is 1.88 bits per heavy atom. The third kappa shape index (κ3) is 4.32. The molecule has 1 aliphatic heterocycles. The van der Waals surface area contributed by atoms with Crippen LogP contribution in [0.5, 0.6) is 5.75 Å². The summed E-state index contributed by atoms with van der Waals surface area (Å²) in [5.41, 5.74) is 2.19. The highest BCUT2D eigenvalue weighted by Gasteiger charge is 2.28. The predicted molar refractivity (Wildman–Crippen MR) is 90.7 cm³/mol. The number of rotatable bonds is 6. The second-order valence-electron chi connectivity index (χ2n) is 6.11. The van der Waals surface area contributed by atoms with Gasteiger partial charge in [-0.1, -0.05) is 18.6 Å². The van der Waals surface area contributed by atoms with Crippen molar-refractivity contribution < 1.29 is 14.6 Å². The largest absolute Gasteiger partial charge is 0.489 e. The molecule has 0 spiro atoms. The number of ether oxygens (including phenoxy) is 1. The zero-order chi connectivity index (χ0) is 16.8. The minimum atomic E-state index is -0.716. The number of benzene rings is 1. The third-order valence-electron chi connectivity index (χ3n) is 4.36. The molecule has 2 heterocycles. The lowest BCUT2D eigenvalue weighted by Gasteiger charge is -2.32. The molecular weight excluding hydrogens is 304 g/mol. The summed E-state index contributed by atoms with van der Waals surface area (Å²) in [6.07, 6.45) is 6.30. The summed E-state index contributed by atoms with van der Waals surface area (Å²) in [7, 11) is 0. The number of nitrogens with zero attached hydrogens (tertiary/aromatic N) is 2. The molecule has 3 rings (SSSR count). The molecular formula is C19H22N2O3. The Labute approximate surface area is 141 Å². The van der Waals surface area contributed by atoms with Crippen LogP contribution in [0.4, 0.5) is 0 Å². The van der Waals surface area contributed by atoms with Crippen molar-refractivity contribution in [2.75, 3.05) is 6.54 Å². The summed E-state index contributed by atoms with van der Waals surface area (Å²) in [5.74, 6) is 0.0935. The van der Waals surface area contributed by atoms with Crippen molar-refractivity contribution in [2.24, 2.45) is 0 Å². The molecule has 1 aromatic carbocycles. The molecule has 0 amide bonds. The van der Waals surface area contributed by atoms with Gasteiger partial charge in [-0.3, -0.25) is 14.7 Å². The summed E-state index contributed by atoms with van der Waals surface area (Å²) in [6.45, 7) is 2.02. The fourth-order valence-corrected chi connectivity index (χ4v) is 3.03. The van der Waals surface area contributed by atoms with E-state index >= 15 is 0 Å². The molecule has 1 aromatic heterocycles. The molecule has 1 aliphatic rings. The van der Waals surface area contributed by atoms with Crippen LogP contribution in [0.15, 0.2) is 48.8 Å². The maximum absolute atomic E-state index is 11.4. The van der Waals surface area contributed by atoms with Crippen LogP contribution in [0.25, 0.3) is 0 Å². The summed E-state index contributed by atoms with van der Waals surface area (Å²) in [5, 5.41) is 9.34. The molecule has 1 fully saturated rings. The van der Waals surface area contributed by atoms with E-state index in [4.69, 9.17) is 4.74 Å². The average Bonchev–Trinajstić information content (AvgIpc) is 2.62. The van der Waals surface area contributed by atoms with Crippen molar-refractivity contribution >= 4 is 5.97 Å². The van der Waals surface area contributed by atoms with Gasteiger partial charge in [0.25, 0.3) is 0 Å². The van der Waals surface area contributed by atoms with Crippen LogP contribution in [-0.2, 0) is 17.9 Å². The van der Waals surface area contributed by atoms with E-state index in [0.29, 0.717) is 13.2 Å². The van der Waals surface area contributed by atoms with Crippen LogP contribution in [0.2, 0.25) is 0 Å². The van der Waals surface area contributed by atoms with E-state index in [0.717, 1.165) is 42.7 Å². The molecule has 1 unspecified atom stereocenters. The first-order chi connectivity index (χ1) is 11.7. The van der Waals surface area contributed by atoms with Gasteiger partial charge >= 0.3 is 5.97 Å². The van der Waals surface area contributed by atoms with E-state index in [2.05, 4.69) is 9.88 Å². The van der Waals surface area contributed by atoms with Crippen LogP contribution >= 0.6 is 0 Å². The Hall–Kier alpha value is -2.40. The summed E-state index contributed by atoms with van der Waals surface area (Å²) < 4.78 is 5.76. The highest BCUT2D eigenvalue weighted by atomic mass is 16.5. The molecule has 1 atom stereocenters. The minimum Gasteiger partial charge on any atom is -0.489 e. The van der Waals surface area contributed by atoms with E-state index in [1.54, 1.807) is 12.4 Å². The van der Waals surface area contributed by atoms with E-state index in [1.165, 1.54) is 0 Å². The first-order valence-electron chi connectivity index (χ1n) is 8.30. The second-order valence-corrected chi connectivity index (χ2v) is 6.11. The van der Waals surface area contributed by atoms with Crippen molar-refractivity contribution in [3.63, 3.8) is 0 Å². The molecule has 1 N–H and O–H groups in total. The topological polar surface area (TPSA) is 62.7 Å². The van der Waals surface area contributed by atoms with Gasteiger partial charge < -0.3 is 9.84 Å². The smallest absolute Gasteiger partial charge is 0.320 e. The van der Waals surface area contributed by atoms with Gasteiger partial charge in [0.05, 0.1) is 0 Å². The first kappa shape index (κ1) is 16.5. The van der Waals surface area contributed by atoms with E-state index in [-0.39, 0.29) is 6.04 Å². The zero-order valence-corrected chi connectivity index (χ0v) is 13.6. The van der Waals surface area contributed by atoms with Gasteiger partial charge in [-0.15, -0.1) is 0 Å². The summed E-state index contributed by atoms with van der Waals surface area (Å²) in [4.78, 5) is 17.4. The molecule has 2 aromatic rings. The molecule has 5 heteroatoms. The summed E-state index contributed by atoms with van der Waals surface area (Å²) >= 11 is 0. The van der Waals surface area contributed by atoms with Crippen LogP contribution in [-0.4, -0.2) is 33.5 Å². The SMILES string of the molecule is O=C(O)C1CCCCN1Cc1ccc(OCc2ccncc2)cc1. The molecule has 0 radical (unpaired) electrons. The number of hydrogen-bond acceptors (Lipinski definition) is 4. The highest BCUT2D eigenvalue weighted by Crippen LogP contribution is 2.21. The second kappa shape index (κ2) is 7.93. The normalized spacial score (nSPS) is 18.2. The van der Waals surface area contributed by atoms with E-state index in [1.807, 2.05) is 36.4 Å². The average molecular weight is 326 g/mol. The Kier molecular flexibility index (Phi) is 5.43. The van der Waals surface area contributed by atoms with E-state index in [9.17, 15) is 9.90 Å². The number of pyridine rings is 1. The fourth-order valence-electron chi connectivity index (χ4n) is 3.03. The Balaban J connectivity index is 1.57. The van der Waals surface area contributed by atoms with E-state index < -0.39 is 5.97 Å². The van der Waals surface area contributed by atoms with Gasteiger partial charge in [0, 0.05) is 18.9 Å². The van der Waals surface area contributed by atoms with Crippen LogP contribution < -0.4 is 4.74 Å². The quantitative estimate of drug-likeness (QED) is 0.884. The van der Waals surface area contributed by atoms with Gasteiger partial charge in [0.15, 0.2) is 0 Å². The summed E-state index contributed by atoms with van der Waals surface area (Å²) in [6, 6.07) is 11.4. The number of carboxylic acids is 1. The number of carboxylic acid groups (broad SMARTS) is 1. The van der Waals surface area contributed by atoms with Gasteiger partial charge in [0.1, 0.15) is 18.4 Å². The first-order valence-corrected chi connectivity index (χ1v) is 8.30. The molecule has 0 aliphatic carbocycles. The van der Waals surface area contributed by atoms with Crippen molar-refractivity contribution in [3.05, 3.63) is 59.9 Å². The molecule has 5 nitrogen and oxygen atoms in total. The van der Waals surface area contributed by atoms with Gasteiger partial charge in [-0.25, -0.2) is 0 Å². The number of carbonyl (C=O) groups is 1. The number of hydrogen-bond donors (Lipinski definition) is 1. The highest BCUT2D eigenvalue weighted by molar-refractivity contribution is 5.73. The van der Waals surface area contributed by atoms with Crippen LogP contribution in [0.3, 0.4) is 0 Å². The minimum absolute atomic E-state index is 0.360. The predicted octanol–water partition coefficient (Wildman–Crippen LogP) is 3.10. The van der Waals surface area contributed by atoms with Crippen molar-refractivity contribution in [3.8, 4) is 5.75 Å². The van der Waals surface area contributed by atoms with Gasteiger partial charge in [0.2, 0.25) is 0 Å². The number of piperidine rings is 1. The molecule has 126 valence electrons. The molecule has 0 saturated carbocycles. The van der Waals surface area contributed by atoms with Crippen molar-refractivity contribution in [1.82, 2.24) is 9.88 Å². The standard InChI is InChI=1S/C19H22N2O3/c22-19(23)18-3-1-2-12-21(18)13-15-4-6-17(7-5-15)24-14-16-8-10-20-11-9-16/h4-11,18H,1-3,12-14H2,(H,22,23). The Morgan fingerprint density at radius 1 is 1.12 bits per heavy atom. The molecule has 0 bridgehead atoms. The third-order valence-corrected chi connectivity index (χ3v) is 4.36. The van der Waals surface area contributed by atoms with Gasteiger partial charge in [-0.2, -0.15) is 0 Å². The number of aliphatic carboxylic acids is 1. The van der Waals surface area contributed by atoms with Crippen LogP contribution in [0, 0.1) is 0 Å². The van der Waals surface area contributed by atoms with Crippen molar-refractivity contribution in [2.45, 2.75) is 38.5 Å². The van der Waals surface area contributed by atoms with Gasteiger partial charge in [-0.05, 0) is 54.8 Å². The Bertz CT molecular complexity index is 658. The maximum atomic E-state index is 11.4. The monoisotopic (exact) mass is 326 g/mol.